The quantitative estimate of drug-likeness (QED) is 0.682. The zero-order valence-corrected chi connectivity index (χ0v) is 13.2. The molecule has 0 aliphatic heterocycles. The van der Waals surface area contributed by atoms with Gasteiger partial charge >= 0.3 is 0 Å². The van der Waals surface area contributed by atoms with Crippen molar-refractivity contribution in [1.82, 2.24) is 4.98 Å². The van der Waals surface area contributed by atoms with Crippen LogP contribution in [0.1, 0.15) is 24.1 Å². The fourth-order valence-electron chi connectivity index (χ4n) is 2.22. The molecule has 1 unspecified atom stereocenters. The Hall–Kier alpha value is -1.65. The second-order valence-corrected chi connectivity index (χ2v) is 6.29. The lowest BCUT2D eigenvalue weighted by molar-refractivity contribution is 0.614. The zero-order chi connectivity index (χ0) is 15.0. The van der Waals surface area contributed by atoms with Gasteiger partial charge in [-0.2, -0.15) is 0 Å². The zero-order valence-electron chi connectivity index (χ0n) is 11.7. The predicted molar refractivity (Wildman–Crippen MR) is 87.8 cm³/mol. The summed E-state index contributed by atoms with van der Waals surface area (Å²) in [5.41, 5.74) is 4.96. The molecule has 0 amide bonds. The summed E-state index contributed by atoms with van der Waals surface area (Å²) < 4.78 is 14.8. The van der Waals surface area contributed by atoms with Gasteiger partial charge in [0, 0.05) is 6.04 Å². The average Bonchev–Trinajstić information content (AvgIpc) is 2.93. The molecule has 3 rings (SSSR count). The molecule has 2 nitrogen and oxygen atoms in total. The highest BCUT2D eigenvalue weighted by molar-refractivity contribution is 7.16. The first kappa shape index (κ1) is 14.3. The topological polar surface area (TPSA) is 24.9 Å². The van der Waals surface area contributed by atoms with Crippen LogP contribution in [0.2, 0.25) is 5.02 Å². The number of hydrogen-bond acceptors (Lipinski definition) is 3. The Morgan fingerprint density at radius 1 is 1.29 bits per heavy atom. The van der Waals surface area contributed by atoms with E-state index in [-0.39, 0.29) is 11.9 Å². The number of hydrogen-bond donors (Lipinski definition) is 1. The van der Waals surface area contributed by atoms with E-state index in [1.165, 1.54) is 0 Å². The smallest absolute Gasteiger partial charge is 0.126 e. The van der Waals surface area contributed by atoms with Gasteiger partial charge in [0.2, 0.25) is 0 Å². The van der Waals surface area contributed by atoms with E-state index in [4.69, 9.17) is 11.6 Å². The lowest BCUT2D eigenvalue weighted by Crippen LogP contribution is -2.08. The van der Waals surface area contributed by atoms with E-state index in [9.17, 15) is 4.39 Å². The van der Waals surface area contributed by atoms with Gasteiger partial charge in [-0.15, -0.1) is 11.3 Å². The number of halogens is 2. The molecular weight excluding hydrogens is 307 g/mol. The summed E-state index contributed by atoms with van der Waals surface area (Å²) in [4.78, 5) is 4.36. The minimum absolute atomic E-state index is 0.0649. The molecule has 0 spiro atoms. The maximum absolute atomic E-state index is 13.7. The summed E-state index contributed by atoms with van der Waals surface area (Å²) in [6, 6.07) is 9.01. The Balaban J connectivity index is 1.95. The molecule has 0 radical (unpaired) electrons. The van der Waals surface area contributed by atoms with Crippen LogP contribution in [0.4, 0.5) is 10.1 Å². The number of rotatable bonds is 3. The first-order valence-corrected chi connectivity index (χ1v) is 7.86. The number of benzene rings is 2. The second kappa shape index (κ2) is 5.62. The van der Waals surface area contributed by atoms with Crippen LogP contribution in [-0.4, -0.2) is 4.98 Å². The van der Waals surface area contributed by atoms with Crippen LogP contribution in [0.5, 0.6) is 0 Å². The van der Waals surface area contributed by atoms with Crippen molar-refractivity contribution in [3.63, 3.8) is 0 Å². The first-order valence-electron chi connectivity index (χ1n) is 6.60. The second-order valence-electron chi connectivity index (χ2n) is 5.00. The van der Waals surface area contributed by atoms with Crippen molar-refractivity contribution in [1.29, 1.82) is 0 Å². The third kappa shape index (κ3) is 2.74. The van der Waals surface area contributed by atoms with Gasteiger partial charge in [-0.25, -0.2) is 9.37 Å². The minimum atomic E-state index is -0.195. The summed E-state index contributed by atoms with van der Waals surface area (Å²) in [5.74, 6) is -0.195. The summed E-state index contributed by atoms with van der Waals surface area (Å²) in [6.07, 6.45) is 0. The maximum atomic E-state index is 13.7. The molecule has 0 fully saturated rings. The fraction of sp³-hybridized carbons (Fsp3) is 0.188. The highest BCUT2D eigenvalue weighted by Gasteiger charge is 2.13. The molecule has 1 heterocycles. The van der Waals surface area contributed by atoms with Gasteiger partial charge in [-0.05, 0) is 43.2 Å². The Kier molecular flexibility index (Phi) is 3.83. The molecule has 5 heteroatoms. The van der Waals surface area contributed by atoms with Crippen molar-refractivity contribution in [3.05, 3.63) is 57.8 Å². The number of nitrogens with one attached hydrogen (secondary N) is 1. The molecule has 0 bridgehead atoms. The minimum Gasteiger partial charge on any atom is -0.376 e. The number of thiazole rings is 1. The molecular formula is C16H14ClFN2S. The van der Waals surface area contributed by atoms with E-state index in [1.807, 2.05) is 25.1 Å². The van der Waals surface area contributed by atoms with E-state index in [2.05, 4.69) is 10.3 Å². The highest BCUT2D eigenvalue weighted by Crippen LogP contribution is 2.34. The Morgan fingerprint density at radius 3 is 2.86 bits per heavy atom. The van der Waals surface area contributed by atoms with Gasteiger partial charge in [-0.3, -0.25) is 0 Å². The Morgan fingerprint density at radius 2 is 2.10 bits per heavy atom. The third-order valence-corrected chi connectivity index (χ3v) is 4.62. The van der Waals surface area contributed by atoms with Gasteiger partial charge in [0.25, 0.3) is 0 Å². The highest BCUT2D eigenvalue weighted by atomic mass is 35.5. The van der Waals surface area contributed by atoms with Crippen LogP contribution in [0.25, 0.3) is 10.2 Å². The first-order chi connectivity index (χ1) is 10.1. The SMILES string of the molecule is Cc1ccc(C(C)Nc2c(Cl)ccc3scnc23)cc1F. The van der Waals surface area contributed by atoms with Crippen LogP contribution in [0.15, 0.2) is 35.8 Å². The van der Waals surface area contributed by atoms with Crippen molar-refractivity contribution >= 4 is 38.8 Å². The number of anilines is 1. The Bertz CT molecular complexity index is 800. The standard InChI is InChI=1S/C16H14ClFN2S/c1-9-3-4-11(7-13(9)18)10(2)20-15-12(17)5-6-14-16(15)19-8-21-14/h3-8,10,20H,1-2H3. The van der Waals surface area contributed by atoms with Gasteiger partial charge in [0.05, 0.1) is 20.9 Å². The van der Waals surface area contributed by atoms with Crippen LogP contribution in [0.3, 0.4) is 0 Å². The van der Waals surface area contributed by atoms with E-state index < -0.39 is 0 Å². The molecule has 1 aromatic heterocycles. The predicted octanol–water partition coefficient (Wildman–Crippen LogP) is 5.57. The van der Waals surface area contributed by atoms with E-state index >= 15 is 0 Å². The summed E-state index contributed by atoms with van der Waals surface area (Å²) in [6.45, 7) is 3.73. The van der Waals surface area contributed by atoms with Crippen molar-refractivity contribution in [2.45, 2.75) is 19.9 Å². The van der Waals surface area contributed by atoms with Crippen molar-refractivity contribution < 1.29 is 4.39 Å². The molecule has 0 aliphatic carbocycles. The van der Waals surface area contributed by atoms with Gasteiger partial charge in [0.15, 0.2) is 0 Å². The molecule has 108 valence electrons. The van der Waals surface area contributed by atoms with Crippen molar-refractivity contribution in [2.75, 3.05) is 5.32 Å². The van der Waals surface area contributed by atoms with E-state index in [0.717, 1.165) is 21.5 Å². The molecule has 2 aromatic carbocycles. The van der Waals surface area contributed by atoms with Crippen LogP contribution >= 0.6 is 22.9 Å². The maximum Gasteiger partial charge on any atom is 0.126 e. The average molecular weight is 321 g/mol. The van der Waals surface area contributed by atoms with Gasteiger partial charge in [-0.1, -0.05) is 23.7 Å². The Labute approximate surface area is 131 Å². The number of aromatic nitrogens is 1. The van der Waals surface area contributed by atoms with E-state index in [1.54, 1.807) is 35.9 Å². The van der Waals surface area contributed by atoms with Crippen LogP contribution in [-0.2, 0) is 0 Å². The molecule has 3 aromatic rings. The third-order valence-electron chi connectivity index (χ3n) is 3.51. The monoisotopic (exact) mass is 320 g/mol. The lowest BCUT2D eigenvalue weighted by Gasteiger charge is -2.17. The number of fused-ring (bicyclic) bond motifs is 1. The lowest BCUT2D eigenvalue weighted by atomic mass is 10.1. The fourth-order valence-corrected chi connectivity index (χ4v) is 3.11. The summed E-state index contributed by atoms with van der Waals surface area (Å²) in [7, 11) is 0. The number of aryl methyl sites for hydroxylation is 1. The molecule has 21 heavy (non-hydrogen) atoms. The van der Waals surface area contributed by atoms with E-state index in [0.29, 0.717) is 10.6 Å². The van der Waals surface area contributed by atoms with Crippen molar-refractivity contribution in [2.24, 2.45) is 0 Å². The molecule has 0 saturated carbocycles. The van der Waals surface area contributed by atoms with Crippen molar-refractivity contribution in [3.8, 4) is 0 Å². The number of nitrogens with zero attached hydrogens (tertiary/aromatic N) is 1. The van der Waals surface area contributed by atoms with Gasteiger partial charge < -0.3 is 5.32 Å². The molecule has 1 atom stereocenters. The molecule has 0 saturated heterocycles. The van der Waals surface area contributed by atoms with Gasteiger partial charge in [0.1, 0.15) is 11.3 Å². The normalized spacial score (nSPS) is 12.6. The van der Waals surface area contributed by atoms with Crippen LogP contribution in [0, 0.1) is 12.7 Å². The summed E-state index contributed by atoms with van der Waals surface area (Å²) >= 11 is 7.84. The molecule has 0 aliphatic rings. The molecule has 1 N–H and O–H groups in total. The summed E-state index contributed by atoms with van der Waals surface area (Å²) in [5, 5.41) is 3.97. The largest absolute Gasteiger partial charge is 0.376 e. The van der Waals surface area contributed by atoms with Crippen LogP contribution < -0.4 is 5.32 Å².